The van der Waals surface area contributed by atoms with Gasteiger partial charge in [0.1, 0.15) is 17.5 Å². The van der Waals surface area contributed by atoms with Gasteiger partial charge >= 0.3 is 5.97 Å². The molecule has 1 rings (SSSR count). The molecule has 0 fully saturated rings. The van der Waals surface area contributed by atoms with Gasteiger partial charge < -0.3 is 10.1 Å². The molecule has 21 heavy (non-hydrogen) atoms. The van der Waals surface area contributed by atoms with Crippen molar-refractivity contribution in [2.75, 3.05) is 0 Å². The summed E-state index contributed by atoms with van der Waals surface area (Å²) < 4.78 is 18.5. The summed E-state index contributed by atoms with van der Waals surface area (Å²) in [7, 11) is 0. The van der Waals surface area contributed by atoms with Crippen LogP contribution in [-0.2, 0) is 14.3 Å². The fourth-order valence-corrected chi connectivity index (χ4v) is 1.49. The molecule has 0 unspecified atom stereocenters. The molecule has 1 atom stereocenters. The minimum absolute atomic E-state index is 0.303. The van der Waals surface area contributed by atoms with Gasteiger partial charge in [-0.25, -0.2) is 9.18 Å². The number of carbonyl (C=O) groups excluding carboxylic acids is 2. The zero-order chi connectivity index (χ0) is 16.0. The molecule has 4 nitrogen and oxygen atoms in total. The van der Waals surface area contributed by atoms with Crippen LogP contribution in [0.1, 0.15) is 33.3 Å². The predicted octanol–water partition coefficient (Wildman–Crippen LogP) is 2.69. The zero-order valence-corrected chi connectivity index (χ0v) is 12.6. The lowest BCUT2D eigenvalue weighted by atomic mass is 10.2. The van der Waals surface area contributed by atoms with Gasteiger partial charge in [-0.1, -0.05) is 18.2 Å². The lowest BCUT2D eigenvalue weighted by Gasteiger charge is -2.22. The van der Waals surface area contributed by atoms with Crippen LogP contribution in [0.15, 0.2) is 30.3 Å². The maximum Gasteiger partial charge on any atom is 0.328 e. The van der Waals surface area contributed by atoms with Crippen molar-refractivity contribution in [3.8, 4) is 0 Å². The van der Waals surface area contributed by atoms with Crippen LogP contribution in [-0.4, -0.2) is 23.5 Å². The van der Waals surface area contributed by atoms with E-state index in [1.165, 1.54) is 25.1 Å². The van der Waals surface area contributed by atoms with E-state index >= 15 is 0 Å². The van der Waals surface area contributed by atoms with E-state index in [4.69, 9.17) is 4.74 Å². The van der Waals surface area contributed by atoms with Gasteiger partial charge in [-0.3, -0.25) is 4.79 Å². The molecular formula is C16H20FNO3. The Balaban J connectivity index is 2.58. The quantitative estimate of drug-likeness (QED) is 0.686. The highest BCUT2D eigenvalue weighted by atomic mass is 19.1. The number of halogens is 1. The maximum atomic E-state index is 13.4. The summed E-state index contributed by atoms with van der Waals surface area (Å²) in [5.41, 5.74) is -0.309. The zero-order valence-electron chi connectivity index (χ0n) is 12.6. The molecule has 0 aromatic heterocycles. The van der Waals surface area contributed by atoms with Gasteiger partial charge in [0.05, 0.1) is 0 Å². The van der Waals surface area contributed by atoms with Crippen molar-refractivity contribution in [2.45, 2.75) is 39.3 Å². The van der Waals surface area contributed by atoms with Gasteiger partial charge in [0, 0.05) is 11.6 Å². The third-order valence-corrected chi connectivity index (χ3v) is 2.44. The summed E-state index contributed by atoms with van der Waals surface area (Å²) in [5.74, 6) is -1.42. The highest BCUT2D eigenvalue weighted by Crippen LogP contribution is 2.09. The lowest BCUT2D eigenvalue weighted by Crippen LogP contribution is -2.41. The topological polar surface area (TPSA) is 55.4 Å². The Kier molecular flexibility index (Phi) is 5.64. The van der Waals surface area contributed by atoms with Crippen molar-refractivity contribution in [3.05, 3.63) is 41.7 Å². The van der Waals surface area contributed by atoms with Gasteiger partial charge in [0.25, 0.3) is 0 Å². The minimum atomic E-state index is -0.776. The maximum absolute atomic E-state index is 13.4. The van der Waals surface area contributed by atoms with Gasteiger partial charge in [-0.05, 0) is 39.8 Å². The molecule has 0 spiro atoms. The summed E-state index contributed by atoms with van der Waals surface area (Å²) in [6.45, 7) is 6.77. The Morgan fingerprint density at radius 1 is 1.29 bits per heavy atom. The number of hydrogen-bond acceptors (Lipinski definition) is 3. The minimum Gasteiger partial charge on any atom is -0.458 e. The Labute approximate surface area is 124 Å². The van der Waals surface area contributed by atoms with E-state index in [1.807, 2.05) is 0 Å². The molecule has 1 aromatic rings. The van der Waals surface area contributed by atoms with Gasteiger partial charge in [0.2, 0.25) is 5.91 Å². The second-order valence-corrected chi connectivity index (χ2v) is 5.62. The van der Waals surface area contributed by atoms with E-state index in [0.29, 0.717) is 5.56 Å². The molecule has 1 amide bonds. The summed E-state index contributed by atoms with van der Waals surface area (Å²) >= 11 is 0. The van der Waals surface area contributed by atoms with Crippen LogP contribution in [0.25, 0.3) is 6.08 Å². The Hall–Kier alpha value is -2.17. The number of esters is 1. The van der Waals surface area contributed by atoms with Crippen LogP contribution in [0, 0.1) is 5.82 Å². The first-order chi connectivity index (χ1) is 9.69. The Morgan fingerprint density at radius 2 is 1.90 bits per heavy atom. The lowest BCUT2D eigenvalue weighted by molar-refractivity contribution is -0.157. The monoisotopic (exact) mass is 293 g/mol. The second kappa shape index (κ2) is 7.02. The predicted molar refractivity (Wildman–Crippen MR) is 78.9 cm³/mol. The molecule has 0 aliphatic carbocycles. The standard InChI is InChI=1S/C16H20FNO3/c1-11(15(20)21-16(2,3)4)18-14(19)10-9-12-7-5-6-8-13(12)17/h5-11H,1-4H3,(H,18,19)/b10-9+/t11-/m1/s1. The number of ether oxygens (including phenoxy) is 1. The molecule has 114 valence electrons. The van der Waals surface area contributed by atoms with E-state index in [2.05, 4.69) is 5.32 Å². The normalized spacial score (nSPS) is 13.0. The van der Waals surface area contributed by atoms with E-state index in [0.717, 1.165) is 0 Å². The Bertz CT molecular complexity index is 547. The summed E-state index contributed by atoms with van der Waals surface area (Å²) in [6.07, 6.45) is 2.53. The molecule has 0 heterocycles. The number of benzene rings is 1. The van der Waals surface area contributed by atoms with E-state index < -0.39 is 29.3 Å². The van der Waals surface area contributed by atoms with Crippen molar-refractivity contribution >= 4 is 18.0 Å². The average molecular weight is 293 g/mol. The largest absolute Gasteiger partial charge is 0.458 e. The fourth-order valence-electron chi connectivity index (χ4n) is 1.49. The molecule has 0 aliphatic rings. The van der Waals surface area contributed by atoms with E-state index in [-0.39, 0.29) is 0 Å². The smallest absolute Gasteiger partial charge is 0.328 e. The molecule has 0 aliphatic heterocycles. The molecule has 1 aromatic carbocycles. The van der Waals surface area contributed by atoms with Gasteiger partial charge in [0.15, 0.2) is 0 Å². The molecule has 0 bridgehead atoms. The van der Waals surface area contributed by atoms with Crippen LogP contribution >= 0.6 is 0 Å². The first kappa shape index (κ1) is 16.9. The van der Waals surface area contributed by atoms with Crippen LogP contribution in [0.3, 0.4) is 0 Å². The average Bonchev–Trinajstić information content (AvgIpc) is 2.35. The summed E-state index contributed by atoms with van der Waals surface area (Å²) in [5, 5.41) is 2.47. The molecule has 5 heteroatoms. The van der Waals surface area contributed by atoms with Crippen LogP contribution < -0.4 is 5.32 Å². The highest BCUT2D eigenvalue weighted by molar-refractivity contribution is 5.94. The first-order valence-corrected chi connectivity index (χ1v) is 6.65. The number of hydrogen-bond donors (Lipinski definition) is 1. The number of rotatable bonds is 4. The van der Waals surface area contributed by atoms with Crippen molar-refractivity contribution in [1.29, 1.82) is 0 Å². The highest BCUT2D eigenvalue weighted by Gasteiger charge is 2.22. The van der Waals surface area contributed by atoms with Gasteiger partial charge in [-0.15, -0.1) is 0 Å². The van der Waals surface area contributed by atoms with Crippen LogP contribution in [0.4, 0.5) is 4.39 Å². The molecular weight excluding hydrogens is 273 g/mol. The second-order valence-electron chi connectivity index (χ2n) is 5.62. The third kappa shape index (κ3) is 6.21. The SMILES string of the molecule is C[C@@H](NC(=O)/C=C/c1ccccc1F)C(=O)OC(C)(C)C. The number of nitrogens with one attached hydrogen (secondary N) is 1. The first-order valence-electron chi connectivity index (χ1n) is 6.65. The summed E-state index contributed by atoms with van der Waals surface area (Å²) in [4.78, 5) is 23.4. The third-order valence-electron chi connectivity index (χ3n) is 2.44. The van der Waals surface area contributed by atoms with Crippen molar-refractivity contribution in [2.24, 2.45) is 0 Å². The van der Waals surface area contributed by atoms with E-state index in [1.54, 1.807) is 39.0 Å². The molecule has 0 radical (unpaired) electrons. The molecule has 0 saturated heterocycles. The van der Waals surface area contributed by atoms with Crippen molar-refractivity contribution < 1.29 is 18.7 Å². The van der Waals surface area contributed by atoms with Crippen molar-refractivity contribution in [1.82, 2.24) is 5.32 Å². The van der Waals surface area contributed by atoms with E-state index in [9.17, 15) is 14.0 Å². The van der Waals surface area contributed by atoms with Crippen LogP contribution in [0.5, 0.6) is 0 Å². The van der Waals surface area contributed by atoms with Gasteiger partial charge in [-0.2, -0.15) is 0 Å². The summed E-state index contributed by atoms with van der Waals surface area (Å²) in [6, 6.07) is 5.32. The Morgan fingerprint density at radius 3 is 2.48 bits per heavy atom. The van der Waals surface area contributed by atoms with Crippen LogP contribution in [0.2, 0.25) is 0 Å². The molecule has 0 saturated carbocycles. The number of carbonyl (C=O) groups is 2. The number of amides is 1. The fraction of sp³-hybridized carbons (Fsp3) is 0.375. The molecule has 1 N–H and O–H groups in total. The van der Waals surface area contributed by atoms with Crippen molar-refractivity contribution in [3.63, 3.8) is 0 Å².